The van der Waals surface area contributed by atoms with Crippen LogP contribution in [0.5, 0.6) is 0 Å². The van der Waals surface area contributed by atoms with E-state index < -0.39 is 11.2 Å². The van der Waals surface area contributed by atoms with Crippen molar-refractivity contribution in [3.63, 3.8) is 0 Å². The minimum Gasteiger partial charge on any atom is -0.347 e. The molecule has 17 heavy (non-hydrogen) atoms. The second-order valence-electron chi connectivity index (χ2n) is 5.19. The summed E-state index contributed by atoms with van der Waals surface area (Å²) >= 11 is 0. The molecule has 1 spiro atoms. The molecule has 2 aliphatic carbocycles. The van der Waals surface area contributed by atoms with Crippen molar-refractivity contribution in [1.29, 1.82) is 0 Å². The second kappa shape index (κ2) is 3.75. The molecule has 0 radical (unpaired) electrons. The molecule has 2 fully saturated rings. The van der Waals surface area contributed by atoms with Gasteiger partial charge in [0.1, 0.15) is 6.29 Å². The van der Waals surface area contributed by atoms with Gasteiger partial charge in [0, 0.05) is 19.3 Å². The topological polar surface area (TPSA) is 52.6 Å². The number of carbonyl (C=O) groups is 2. The first-order chi connectivity index (χ1) is 8.18. The number of hydrogen-bond donors (Lipinski definition) is 0. The van der Waals surface area contributed by atoms with Gasteiger partial charge in [-0.05, 0) is 18.9 Å². The van der Waals surface area contributed by atoms with Crippen LogP contribution in [0.3, 0.4) is 0 Å². The normalized spacial score (nSPS) is 35.5. The number of ketones is 1. The Balaban J connectivity index is 1.94. The van der Waals surface area contributed by atoms with Crippen molar-refractivity contribution in [2.24, 2.45) is 5.41 Å². The van der Waals surface area contributed by atoms with Crippen LogP contribution in [-0.4, -0.2) is 31.1 Å². The number of rotatable bonds is 1. The molecule has 0 aromatic carbocycles. The van der Waals surface area contributed by atoms with Crippen molar-refractivity contribution >= 4 is 12.1 Å². The van der Waals surface area contributed by atoms with Gasteiger partial charge in [-0.3, -0.25) is 4.79 Å². The standard InChI is InChI=1S/C13H16O4/c14-9-12-3-2-11(15)7-10(12)1-4-13(8-12)16-5-6-17-13/h7,9H,1-6,8H2. The highest BCUT2D eigenvalue weighted by Gasteiger charge is 2.51. The third-order valence-electron chi connectivity index (χ3n) is 4.19. The molecule has 3 rings (SSSR count). The molecular weight excluding hydrogens is 220 g/mol. The highest BCUT2D eigenvalue weighted by molar-refractivity contribution is 5.93. The van der Waals surface area contributed by atoms with Crippen LogP contribution in [0.25, 0.3) is 0 Å². The summed E-state index contributed by atoms with van der Waals surface area (Å²) in [6, 6.07) is 0. The first kappa shape index (κ1) is 11.1. The van der Waals surface area contributed by atoms with Crippen molar-refractivity contribution in [3.05, 3.63) is 11.6 Å². The number of hydrogen-bond acceptors (Lipinski definition) is 4. The van der Waals surface area contributed by atoms with E-state index >= 15 is 0 Å². The summed E-state index contributed by atoms with van der Waals surface area (Å²) in [4.78, 5) is 22.9. The molecule has 0 aromatic heterocycles. The van der Waals surface area contributed by atoms with Crippen LogP contribution in [0.1, 0.15) is 32.1 Å². The van der Waals surface area contributed by atoms with Gasteiger partial charge < -0.3 is 14.3 Å². The summed E-state index contributed by atoms with van der Waals surface area (Å²) in [5, 5.41) is 0. The Kier molecular flexibility index (Phi) is 2.45. The summed E-state index contributed by atoms with van der Waals surface area (Å²) < 4.78 is 11.4. The van der Waals surface area contributed by atoms with Crippen molar-refractivity contribution in [3.8, 4) is 0 Å². The van der Waals surface area contributed by atoms with E-state index in [0.29, 0.717) is 32.5 Å². The Morgan fingerprint density at radius 1 is 1.18 bits per heavy atom. The van der Waals surface area contributed by atoms with Crippen LogP contribution in [0.2, 0.25) is 0 Å². The lowest BCUT2D eigenvalue weighted by atomic mass is 9.63. The smallest absolute Gasteiger partial charge is 0.170 e. The first-order valence-electron chi connectivity index (χ1n) is 6.16. The predicted molar refractivity (Wildman–Crippen MR) is 59.3 cm³/mol. The minimum atomic E-state index is -0.571. The van der Waals surface area contributed by atoms with E-state index in [4.69, 9.17) is 9.47 Å². The highest BCUT2D eigenvalue weighted by atomic mass is 16.7. The Morgan fingerprint density at radius 3 is 2.65 bits per heavy atom. The summed E-state index contributed by atoms with van der Waals surface area (Å²) in [7, 11) is 0. The Labute approximate surface area is 100.0 Å². The van der Waals surface area contributed by atoms with Gasteiger partial charge in [-0.15, -0.1) is 0 Å². The first-order valence-corrected chi connectivity index (χ1v) is 6.16. The van der Waals surface area contributed by atoms with Gasteiger partial charge in [0.2, 0.25) is 0 Å². The maximum Gasteiger partial charge on any atom is 0.170 e. The molecule has 3 aliphatic rings. The molecule has 0 bridgehead atoms. The maximum absolute atomic E-state index is 11.5. The number of allylic oxidation sites excluding steroid dienone is 2. The summed E-state index contributed by atoms with van der Waals surface area (Å²) in [5.74, 6) is -0.430. The number of ether oxygens (including phenoxy) is 2. The Hall–Kier alpha value is -1.00. The predicted octanol–water partition coefficient (Wildman–Crippen LogP) is 1.39. The van der Waals surface area contributed by atoms with E-state index in [1.54, 1.807) is 6.08 Å². The third kappa shape index (κ3) is 1.67. The van der Waals surface area contributed by atoms with Crippen LogP contribution in [-0.2, 0) is 19.1 Å². The molecule has 4 nitrogen and oxygen atoms in total. The van der Waals surface area contributed by atoms with Gasteiger partial charge >= 0.3 is 0 Å². The van der Waals surface area contributed by atoms with Gasteiger partial charge in [-0.25, -0.2) is 0 Å². The minimum absolute atomic E-state index is 0.140. The molecule has 1 aliphatic heterocycles. The highest BCUT2D eigenvalue weighted by Crippen LogP contribution is 2.51. The van der Waals surface area contributed by atoms with Crippen molar-refractivity contribution in [2.45, 2.75) is 37.9 Å². The van der Waals surface area contributed by atoms with Crippen LogP contribution in [0.4, 0.5) is 0 Å². The van der Waals surface area contributed by atoms with Gasteiger partial charge in [0.05, 0.1) is 18.6 Å². The van der Waals surface area contributed by atoms with Crippen molar-refractivity contribution < 1.29 is 19.1 Å². The maximum atomic E-state index is 11.5. The van der Waals surface area contributed by atoms with Crippen LogP contribution in [0.15, 0.2) is 11.6 Å². The van der Waals surface area contributed by atoms with E-state index in [0.717, 1.165) is 24.7 Å². The zero-order valence-corrected chi connectivity index (χ0v) is 9.74. The molecular formula is C13H16O4. The average Bonchev–Trinajstić information content (AvgIpc) is 2.78. The zero-order chi connectivity index (χ0) is 11.9. The molecule has 1 unspecified atom stereocenters. The van der Waals surface area contributed by atoms with Gasteiger partial charge in [-0.1, -0.05) is 5.57 Å². The lowest BCUT2D eigenvalue weighted by Crippen LogP contribution is -2.46. The number of aldehydes is 1. The van der Waals surface area contributed by atoms with E-state index in [9.17, 15) is 9.59 Å². The molecule has 0 amide bonds. The van der Waals surface area contributed by atoms with Crippen LogP contribution >= 0.6 is 0 Å². The third-order valence-corrected chi connectivity index (χ3v) is 4.19. The van der Waals surface area contributed by atoms with Gasteiger partial charge in [-0.2, -0.15) is 0 Å². The fourth-order valence-corrected chi connectivity index (χ4v) is 3.25. The van der Waals surface area contributed by atoms with E-state index in [1.165, 1.54) is 0 Å². The molecule has 4 heteroatoms. The van der Waals surface area contributed by atoms with Crippen molar-refractivity contribution in [2.75, 3.05) is 13.2 Å². The molecule has 0 N–H and O–H groups in total. The molecule has 1 atom stereocenters. The Morgan fingerprint density at radius 2 is 1.94 bits per heavy atom. The monoisotopic (exact) mass is 236 g/mol. The molecule has 0 aromatic rings. The fraction of sp³-hybridized carbons (Fsp3) is 0.692. The van der Waals surface area contributed by atoms with E-state index in [-0.39, 0.29) is 5.78 Å². The van der Waals surface area contributed by atoms with Gasteiger partial charge in [0.15, 0.2) is 11.6 Å². The van der Waals surface area contributed by atoms with E-state index in [2.05, 4.69) is 0 Å². The quantitative estimate of drug-likeness (QED) is 0.645. The average molecular weight is 236 g/mol. The molecule has 1 heterocycles. The summed E-state index contributed by atoms with van der Waals surface area (Å²) in [5.41, 5.74) is 0.463. The number of carbonyl (C=O) groups excluding carboxylic acids is 2. The van der Waals surface area contributed by atoms with Gasteiger partial charge in [0.25, 0.3) is 0 Å². The summed E-state index contributed by atoms with van der Waals surface area (Å²) in [6.07, 6.45) is 5.78. The van der Waals surface area contributed by atoms with Crippen LogP contribution in [0, 0.1) is 5.41 Å². The largest absolute Gasteiger partial charge is 0.347 e. The summed E-state index contributed by atoms with van der Waals surface area (Å²) in [6.45, 7) is 1.21. The van der Waals surface area contributed by atoms with E-state index in [1.807, 2.05) is 0 Å². The second-order valence-corrected chi connectivity index (χ2v) is 5.19. The SMILES string of the molecule is O=CC12CCC(=O)C=C1CCC1(C2)OCCO1. The molecule has 92 valence electrons. The lowest BCUT2D eigenvalue weighted by molar-refractivity contribution is -0.192. The Bertz CT molecular complexity index is 392. The van der Waals surface area contributed by atoms with Crippen molar-refractivity contribution in [1.82, 2.24) is 0 Å². The molecule has 1 saturated heterocycles. The lowest BCUT2D eigenvalue weighted by Gasteiger charge is -2.45. The number of fused-ring (bicyclic) bond motifs is 1. The van der Waals surface area contributed by atoms with Crippen LogP contribution < -0.4 is 0 Å². The molecule has 1 saturated carbocycles. The fourth-order valence-electron chi connectivity index (χ4n) is 3.25. The zero-order valence-electron chi connectivity index (χ0n) is 9.74.